The molecule has 14 heavy (non-hydrogen) atoms. The van der Waals surface area contributed by atoms with E-state index >= 15 is 0 Å². The van der Waals surface area contributed by atoms with Crippen LogP contribution in [0.5, 0.6) is 0 Å². The van der Waals surface area contributed by atoms with E-state index in [1.165, 1.54) is 0 Å². The molecule has 1 aromatic heterocycles. The van der Waals surface area contributed by atoms with E-state index in [-0.39, 0.29) is 0 Å². The molecule has 0 aliphatic carbocycles. The molecule has 0 fully saturated rings. The zero-order chi connectivity index (χ0) is 10.2. The van der Waals surface area contributed by atoms with Crippen molar-refractivity contribution in [2.24, 2.45) is 0 Å². The predicted octanol–water partition coefficient (Wildman–Crippen LogP) is 1.98. The van der Waals surface area contributed by atoms with Gasteiger partial charge in [-0.2, -0.15) is 16.9 Å². The van der Waals surface area contributed by atoms with Crippen molar-refractivity contribution in [3.63, 3.8) is 0 Å². The van der Waals surface area contributed by atoms with Crippen LogP contribution in [0, 0.1) is 0 Å². The zero-order valence-electron chi connectivity index (χ0n) is 8.49. The molecule has 1 heterocycles. The van der Waals surface area contributed by atoms with Crippen LogP contribution in [0.4, 0.5) is 0 Å². The smallest absolute Gasteiger partial charge is 0.0518 e. The molecule has 78 valence electrons. The lowest BCUT2D eigenvalue weighted by Crippen LogP contribution is -2.21. The fourth-order valence-electron chi connectivity index (χ4n) is 1.13. The number of rotatable bonds is 7. The molecule has 0 amide bonds. The van der Waals surface area contributed by atoms with Gasteiger partial charge in [0.25, 0.3) is 0 Å². The fraction of sp³-hybridized carbons (Fsp3) is 0.500. The monoisotopic (exact) mass is 211 g/mol. The lowest BCUT2D eigenvalue weighted by molar-refractivity contribution is 0.585. The second-order valence-electron chi connectivity index (χ2n) is 3.05. The molecule has 0 bridgehead atoms. The fourth-order valence-corrected chi connectivity index (χ4v) is 1.73. The summed E-state index contributed by atoms with van der Waals surface area (Å²) < 4.78 is 0. The first-order valence-electron chi connectivity index (χ1n) is 4.76. The molecule has 1 aromatic rings. The van der Waals surface area contributed by atoms with Crippen molar-refractivity contribution in [3.8, 4) is 0 Å². The first-order chi connectivity index (χ1) is 6.84. The molecule has 1 unspecified atom stereocenters. The second-order valence-corrected chi connectivity index (χ2v) is 4.20. The Hall–Kier alpha value is -0.740. The van der Waals surface area contributed by atoms with Gasteiger partial charge in [0.05, 0.1) is 5.69 Å². The normalized spacial score (nSPS) is 12.6. The molecule has 3 nitrogen and oxygen atoms in total. The van der Waals surface area contributed by atoms with Crippen molar-refractivity contribution < 1.29 is 0 Å². The largest absolute Gasteiger partial charge is 0.308 e. The average molecular weight is 211 g/mol. The van der Waals surface area contributed by atoms with Gasteiger partial charge < -0.3 is 5.32 Å². The van der Waals surface area contributed by atoms with E-state index in [0.717, 1.165) is 23.7 Å². The molecule has 0 aliphatic rings. The van der Waals surface area contributed by atoms with Crippen molar-refractivity contribution in [2.75, 3.05) is 18.1 Å². The van der Waals surface area contributed by atoms with Crippen molar-refractivity contribution in [2.45, 2.75) is 13.0 Å². The third kappa shape index (κ3) is 3.98. The number of H-pyrrole nitrogens is 1. The van der Waals surface area contributed by atoms with Gasteiger partial charge in [0, 0.05) is 30.3 Å². The van der Waals surface area contributed by atoms with Crippen molar-refractivity contribution in [3.05, 3.63) is 30.6 Å². The minimum atomic E-state index is 0.349. The molecule has 1 rings (SSSR count). The number of hydrogen-bond acceptors (Lipinski definition) is 3. The molecule has 0 saturated carbocycles. The van der Waals surface area contributed by atoms with Gasteiger partial charge in [0.2, 0.25) is 0 Å². The molecule has 4 heteroatoms. The summed E-state index contributed by atoms with van der Waals surface area (Å²) in [6.45, 7) is 6.82. The van der Waals surface area contributed by atoms with Crippen LogP contribution in [-0.4, -0.2) is 28.2 Å². The van der Waals surface area contributed by atoms with Gasteiger partial charge in [-0.25, -0.2) is 0 Å². The van der Waals surface area contributed by atoms with E-state index in [4.69, 9.17) is 0 Å². The number of nitrogens with zero attached hydrogens (tertiary/aromatic N) is 1. The van der Waals surface area contributed by atoms with E-state index in [1.807, 2.05) is 23.9 Å². The van der Waals surface area contributed by atoms with Gasteiger partial charge in [-0.3, -0.25) is 5.10 Å². The summed E-state index contributed by atoms with van der Waals surface area (Å²) in [5.41, 5.74) is 1.14. The summed E-state index contributed by atoms with van der Waals surface area (Å²) in [7, 11) is 0. The van der Waals surface area contributed by atoms with Gasteiger partial charge in [-0.05, 0) is 13.0 Å². The molecule has 0 saturated heterocycles. The summed E-state index contributed by atoms with van der Waals surface area (Å²) in [6, 6.07) is 2.34. The van der Waals surface area contributed by atoms with Crippen LogP contribution in [0.15, 0.2) is 24.9 Å². The Morgan fingerprint density at radius 3 is 3.29 bits per heavy atom. The highest BCUT2D eigenvalue weighted by atomic mass is 32.2. The summed E-state index contributed by atoms with van der Waals surface area (Å²) in [4.78, 5) is 0. The molecule has 1 atom stereocenters. The van der Waals surface area contributed by atoms with Gasteiger partial charge in [0.1, 0.15) is 0 Å². The maximum atomic E-state index is 3.92. The first kappa shape index (κ1) is 11.3. The molecule has 2 N–H and O–H groups in total. The van der Waals surface area contributed by atoms with E-state index < -0.39 is 0 Å². The lowest BCUT2D eigenvalue weighted by Gasteiger charge is -2.10. The number of aromatic nitrogens is 2. The third-order valence-electron chi connectivity index (χ3n) is 1.92. The van der Waals surface area contributed by atoms with Crippen LogP contribution >= 0.6 is 11.8 Å². The van der Waals surface area contributed by atoms with Gasteiger partial charge in [0.15, 0.2) is 0 Å². The Morgan fingerprint density at radius 1 is 1.79 bits per heavy atom. The summed E-state index contributed by atoms with van der Waals surface area (Å²) >= 11 is 1.89. The standard InChI is InChI=1S/C10H17N3S/c1-3-7-14-8-6-11-9(2)10-4-5-12-13-10/h3-5,9,11H,1,6-8H2,2H3,(H,12,13). The Balaban J connectivity index is 2.10. The molecular formula is C10H17N3S. The topological polar surface area (TPSA) is 40.7 Å². The minimum absolute atomic E-state index is 0.349. The highest BCUT2D eigenvalue weighted by Gasteiger charge is 2.03. The SMILES string of the molecule is C=CCSCCNC(C)c1ccn[nH]1. The highest BCUT2D eigenvalue weighted by molar-refractivity contribution is 7.99. The minimum Gasteiger partial charge on any atom is -0.308 e. The average Bonchev–Trinajstić information content (AvgIpc) is 2.70. The zero-order valence-corrected chi connectivity index (χ0v) is 9.31. The van der Waals surface area contributed by atoms with Crippen molar-refractivity contribution in [1.29, 1.82) is 0 Å². The summed E-state index contributed by atoms with van der Waals surface area (Å²) in [5.74, 6) is 2.14. The van der Waals surface area contributed by atoms with Crippen LogP contribution < -0.4 is 5.32 Å². The van der Waals surface area contributed by atoms with Crippen LogP contribution in [-0.2, 0) is 0 Å². The van der Waals surface area contributed by atoms with E-state index in [1.54, 1.807) is 6.20 Å². The van der Waals surface area contributed by atoms with Crippen molar-refractivity contribution >= 4 is 11.8 Å². The third-order valence-corrected chi connectivity index (χ3v) is 2.89. The Kier molecular flexibility index (Phi) is 5.40. The van der Waals surface area contributed by atoms with Crippen molar-refractivity contribution in [1.82, 2.24) is 15.5 Å². The van der Waals surface area contributed by atoms with Gasteiger partial charge in [-0.1, -0.05) is 6.08 Å². The molecule has 0 aromatic carbocycles. The predicted molar refractivity (Wildman–Crippen MR) is 62.5 cm³/mol. The van der Waals surface area contributed by atoms with E-state index in [0.29, 0.717) is 6.04 Å². The maximum absolute atomic E-state index is 3.92. The van der Waals surface area contributed by atoms with Gasteiger partial charge in [-0.15, -0.1) is 6.58 Å². The second kappa shape index (κ2) is 6.68. The van der Waals surface area contributed by atoms with Crippen LogP contribution in [0.2, 0.25) is 0 Å². The quantitative estimate of drug-likeness (QED) is 0.535. The van der Waals surface area contributed by atoms with Crippen LogP contribution in [0.3, 0.4) is 0 Å². The highest BCUT2D eigenvalue weighted by Crippen LogP contribution is 2.07. The van der Waals surface area contributed by atoms with Gasteiger partial charge >= 0.3 is 0 Å². The number of thioether (sulfide) groups is 1. The van der Waals surface area contributed by atoms with Crippen LogP contribution in [0.1, 0.15) is 18.7 Å². The Bertz CT molecular complexity index is 246. The molecule has 0 radical (unpaired) electrons. The summed E-state index contributed by atoms with van der Waals surface area (Å²) in [6.07, 6.45) is 3.71. The number of nitrogens with one attached hydrogen (secondary N) is 2. The number of aromatic amines is 1. The molecular weight excluding hydrogens is 194 g/mol. The Labute approximate surface area is 89.4 Å². The lowest BCUT2D eigenvalue weighted by atomic mass is 10.2. The van der Waals surface area contributed by atoms with Crippen LogP contribution in [0.25, 0.3) is 0 Å². The number of hydrogen-bond donors (Lipinski definition) is 2. The maximum Gasteiger partial charge on any atom is 0.0518 e. The molecule has 0 spiro atoms. The summed E-state index contributed by atoms with van der Waals surface area (Å²) in [5, 5.41) is 10.3. The first-order valence-corrected chi connectivity index (χ1v) is 5.91. The van der Waals surface area contributed by atoms with E-state index in [9.17, 15) is 0 Å². The van der Waals surface area contributed by atoms with E-state index in [2.05, 4.69) is 29.0 Å². The Morgan fingerprint density at radius 2 is 2.64 bits per heavy atom. The molecule has 0 aliphatic heterocycles.